The van der Waals surface area contributed by atoms with E-state index in [1.807, 2.05) is 62.5 Å². The molecular weight excluding hydrogens is 745 g/mol. The number of aliphatic imine (C=N–C) groups is 1. The first-order valence-electron chi connectivity index (χ1n) is 20.1. The number of pyridine rings is 1. The van der Waals surface area contributed by atoms with Crippen molar-refractivity contribution in [2.45, 2.75) is 59.2 Å². The number of fused-ring (bicyclic) bond motifs is 2. The van der Waals surface area contributed by atoms with Gasteiger partial charge in [0, 0.05) is 74.1 Å². The predicted molar refractivity (Wildman–Crippen MR) is 237 cm³/mol. The number of hydrogen-bond donors (Lipinski definition) is 3. The number of rotatable bonds is 15. The highest BCUT2D eigenvalue weighted by Gasteiger charge is 2.40. The van der Waals surface area contributed by atoms with E-state index in [-0.39, 0.29) is 17.4 Å². The summed E-state index contributed by atoms with van der Waals surface area (Å²) in [5, 5.41) is 6.75. The number of nitrogens with one attached hydrogen (secondary N) is 2. The maximum absolute atomic E-state index is 13.6. The topological polar surface area (TPSA) is 138 Å². The van der Waals surface area contributed by atoms with Crippen LogP contribution < -0.4 is 21.3 Å². The highest BCUT2D eigenvalue weighted by Crippen LogP contribution is 2.43. The van der Waals surface area contributed by atoms with Crippen LogP contribution in [0.15, 0.2) is 90.1 Å². The first kappa shape index (κ1) is 40.8. The number of aldehydes is 1. The van der Waals surface area contributed by atoms with Crippen LogP contribution in [0.4, 0.5) is 16.6 Å². The van der Waals surface area contributed by atoms with E-state index in [1.165, 1.54) is 23.1 Å². The summed E-state index contributed by atoms with van der Waals surface area (Å²) in [7, 11) is 4.06. The molecule has 5 aromatic rings. The lowest BCUT2D eigenvalue weighted by Crippen LogP contribution is -2.33. The van der Waals surface area contributed by atoms with Gasteiger partial charge in [-0.1, -0.05) is 61.6 Å². The maximum Gasteiger partial charge on any atom is 0.257 e. The van der Waals surface area contributed by atoms with Crippen molar-refractivity contribution in [3.8, 4) is 0 Å². The molecule has 1 aliphatic heterocycles. The number of allylic oxidation sites excluding steroid dienone is 1. The van der Waals surface area contributed by atoms with Gasteiger partial charge in [0.05, 0.1) is 22.9 Å². The van der Waals surface area contributed by atoms with Crippen molar-refractivity contribution in [1.29, 1.82) is 0 Å². The van der Waals surface area contributed by atoms with Crippen LogP contribution in [0.25, 0.3) is 15.8 Å². The van der Waals surface area contributed by atoms with E-state index < -0.39 is 0 Å². The maximum atomic E-state index is 13.6. The van der Waals surface area contributed by atoms with Crippen molar-refractivity contribution >= 4 is 61.7 Å². The van der Waals surface area contributed by atoms with E-state index in [9.17, 15) is 9.59 Å². The minimum absolute atomic E-state index is 0.0176. The lowest BCUT2D eigenvalue weighted by molar-refractivity contribution is 0.0183. The smallest absolute Gasteiger partial charge is 0.257 e. The molecule has 58 heavy (non-hydrogen) atoms. The lowest BCUT2D eigenvalue weighted by Gasteiger charge is -2.31. The largest absolute Gasteiger partial charge is 0.404 e. The average Bonchev–Trinajstić information content (AvgIpc) is 3.78. The second-order valence-electron chi connectivity index (χ2n) is 16.0. The van der Waals surface area contributed by atoms with Gasteiger partial charge in [-0.05, 0) is 104 Å². The molecule has 1 fully saturated rings. The van der Waals surface area contributed by atoms with Crippen LogP contribution in [-0.4, -0.2) is 79.2 Å². The van der Waals surface area contributed by atoms with Crippen molar-refractivity contribution in [3.63, 3.8) is 0 Å². The Morgan fingerprint density at radius 2 is 1.88 bits per heavy atom. The molecule has 3 aromatic carbocycles. The molecule has 2 aromatic heterocycles. The molecule has 1 amide bonds. The molecule has 1 saturated carbocycles. The number of likely N-dealkylation sites (N-methyl/N-ethyl adjacent to an activating group) is 1. The zero-order valence-electron chi connectivity index (χ0n) is 34.1. The Bertz CT molecular complexity index is 2290. The Balaban J connectivity index is 0.969. The number of benzene rings is 3. The third kappa shape index (κ3) is 9.30. The SMILES string of the molecule is CNc1ccc(CN(C)CCOC2CC(C)(CN=C(C)C(=CN)c3ccc(N4CCc5cccc(C(=O)Nc6nc7ccccc7s6)c5C4)nc3C=O)CC2C)cc1. The number of ether oxygens (including phenoxy) is 1. The van der Waals surface area contributed by atoms with Gasteiger partial charge in [0.2, 0.25) is 0 Å². The van der Waals surface area contributed by atoms with Crippen LogP contribution in [0, 0.1) is 11.3 Å². The summed E-state index contributed by atoms with van der Waals surface area (Å²) in [6.45, 7) is 10.7. The minimum atomic E-state index is -0.197. The summed E-state index contributed by atoms with van der Waals surface area (Å²) < 4.78 is 7.48. The summed E-state index contributed by atoms with van der Waals surface area (Å²) >= 11 is 1.45. The molecule has 0 bridgehead atoms. The van der Waals surface area contributed by atoms with Gasteiger partial charge < -0.3 is 20.7 Å². The Hall–Kier alpha value is -5.43. The number of amides is 1. The zero-order valence-corrected chi connectivity index (χ0v) is 34.9. The van der Waals surface area contributed by atoms with E-state index in [2.05, 4.69) is 76.6 Å². The Labute approximate surface area is 345 Å². The molecule has 11 nitrogen and oxygen atoms in total. The van der Waals surface area contributed by atoms with Gasteiger partial charge in [-0.15, -0.1) is 0 Å². The second-order valence-corrected chi connectivity index (χ2v) is 17.1. The summed E-state index contributed by atoms with van der Waals surface area (Å²) in [6.07, 6.45) is 5.17. The van der Waals surface area contributed by atoms with Crippen molar-refractivity contribution in [2.75, 3.05) is 55.9 Å². The fourth-order valence-electron chi connectivity index (χ4n) is 8.40. The summed E-state index contributed by atoms with van der Waals surface area (Å²) in [4.78, 5) is 45.0. The molecule has 0 spiro atoms. The monoisotopic (exact) mass is 798 g/mol. The fourth-order valence-corrected chi connectivity index (χ4v) is 9.26. The van der Waals surface area contributed by atoms with Crippen molar-refractivity contribution in [3.05, 3.63) is 119 Å². The van der Waals surface area contributed by atoms with Crippen LogP contribution in [-0.2, 0) is 24.2 Å². The average molecular weight is 799 g/mol. The molecule has 1 aliphatic carbocycles. The molecule has 7 rings (SSSR count). The highest BCUT2D eigenvalue weighted by molar-refractivity contribution is 7.22. The molecule has 0 radical (unpaired) electrons. The van der Waals surface area contributed by atoms with Crippen LogP contribution in [0.5, 0.6) is 0 Å². The molecule has 4 N–H and O–H groups in total. The van der Waals surface area contributed by atoms with Gasteiger partial charge in [-0.25, -0.2) is 9.97 Å². The number of anilines is 3. The third-order valence-electron chi connectivity index (χ3n) is 11.6. The van der Waals surface area contributed by atoms with Crippen molar-refractivity contribution in [1.82, 2.24) is 14.9 Å². The fraction of sp³-hybridized carbons (Fsp3) is 0.370. The van der Waals surface area contributed by atoms with Crippen LogP contribution in [0.2, 0.25) is 0 Å². The van der Waals surface area contributed by atoms with E-state index >= 15 is 0 Å². The molecule has 302 valence electrons. The van der Waals surface area contributed by atoms with Crippen LogP contribution >= 0.6 is 11.3 Å². The summed E-state index contributed by atoms with van der Waals surface area (Å²) in [5.41, 5.74) is 14.5. The van der Waals surface area contributed by atoms with Crippen molar-refractivity contribution in [2.24, 2.45) is 22.1 Å². The van der Waals surface area contributed by atoms with Crippen LogP contribution in [0.3, 0.4) is 0 Å². The van der Waals surface area contributed by atoms with Gasteiger partial charge in [0.15, 0.2) is 11.4 Å². The first-order chi connectivity index (χ1) is 28.1. The Morgan fingerprint density at radius 1 is 1.07 bits per heavy atom. The summed E-state index contributed by atoms with van der Waals surface area (Å²) in [6, 6.07) is 26.0. The number of aromatic nitrogens is 2. The first-order valence-corrected chi connectivity index (χ1v) is 20.9. The zero-order chi connectivity index (χ0) is 40.8. The number of nitrogens with zero attached hydrogens (tertiary/aromatic N) is 5. The van der Waals surface area contributed by atoms with Gasteiger partial charge in [0.25, 0.3) is 5.91 Å². The molecule has 0 saturated heterocycles. The van der Waals surface area contributed by atoms with E-state index in [4.69, 9.17) is 20.4 Å². The quantitative estimate of drug-likeness (QED) is 0.0709. The van der Waals surface area contributed by atoms with Gasteiger partial charge in [-0.3, -0.25) is 24.8 Å². The van der Waals surface area contributed by atoms with E-state index in [1.54, 1.807) is 0 Å². The molecular formula is C46H54N8O3S. The molecule has 2 aliphatic rings. The van der Waals surface area contributed by atoms with E-state index in [0.717, 1.165) is 71.4 Å². The number of carbonyl (C=O) groups is 2. The number of para-hydroxylation sites is 1. The molecule has 3 heterocycles. The van der Waals surface area contributed by atoms with Gasteiger partial charge in [-0.2, -0.15) is 0 Å². The lowest BCUT2D eigenvalue weighted by atomic mass is 9.88. The number of carbonyl (C=O) groups excluding carboxylic acids is 2. The standard InChI is InChI=1S/C46H54N8O3S/c1-30-23-46(3,24-41(30)57-22-21-53(5)26-32-13-15-34(48-4)16-14-32)29-49-31(2)37(25-47)35-17-18-43(50-40(35)28-55)54-20-19-33-9-8-10-36(38(33)27-54)44(56)52-45-51-39-11-6-7-12-42(39)58-45/h6-18,25,28,30,41,48H,19-24,26-27,29,47H2,1-5H3,(H,51,52,56). The summed E-state index contributed by atoms with van der Waals surface area (Å²) in [5.74, 6) is 0.891. The van der Waals surface area contributed by atoms with E-state index in [0.29, 0.717) is 65.5 Å². The Morgan fingerprint density at radius 3 is 2.64 bits per heavy atom. The molecule has 3 unspecified atom stereocenters. The second kappa shape index (κ2) is 18.0. The predicted octanol–water partition coefficient (Wildman–Crippen LogP) is 8.07. The minimum Gasteiger partial charge on any atom is -0.404 e. The number of nitrogens with two attached hydrogens (primary N) is 1. The van der Waals surface area contributed by atoms with Crippen molar-refractivity contribution < 1.29 is 14.3 Å². The Kier molecular flexibility index (Phi) is 12.7. The third-order valence-corrected chi connectivity index (χ3v) is 12.5. The normalized spacial score (nSPS) is 19.7. The van der Waals surface area contributed by atoms with Gasteiger partial charge >= 0.3 is 0 Å². The highest BCUT2D eigenvalue weighted by atomic mass is 32.1. The van der Waals surface area contributed by atoms with Gasteiger partial charge in [0.1, 0.15) is 11.5 Å². The molecule has 3 atom stereocenters. The number of hydrogen-bond acceptors (Lipinski definition) is 11. The number of thiazole rings is 1. The van der Waals surface area contributed by atoms with Crippen LogP contribution in [0.1, 0.15) is 76.7 Å². The molecule has 12 heteroatoms.